The van der Waals surface area contributed by atoms with Crippen molar-refractivity contribution < 1.29 is 22.7 Å². The summed E-state index contributed by atoms with van der Waals surface area (Å²) in [6, 6.07) is 1.43. The van der Waals surface area contributed by atoms with E-state index < -0.39 is 29.2 Å². The highest BCUT2D eigenvalue weighted by Crippen LogP contribution is 2.33. The van der Waals surface area contributed by atoms with Crippen LogP contribution in [0.1, 0.15) is 31.0 Å². The summed E-state index contributed by atoms with van der Waals surface area (Å²) < 4.78 is 50.1. The van der Waals surface area contributed by atoms with Crippen LogP contribution in [0.25, 0.3) is 0 Å². The van der Waals surface area contributed by atoms with Gasteiger partial charge in [-0.05, 0) is 31.5 Å². The molecule has 0 bridgehead atoms. The summed E-state index contributed by atoms with van der Waals surface area (Å²) in [6.45, 7) is 2.79. The van der Waals surface area contributed by atoms with Gasteiger partial charge in [0, 0.05) is 0 Å². The quantitative estimate of drug-likeness (QED) is 0.794. The smallest absolute Gasteiger partial charge is 0.388 e. The van der Waals surface area contributed by atoms with Crippen LogP contribution in [-0.2, 0) is 6.18 Å². The second-order valence-electron chi connectivity index (χ2n) is 4.37. The molecule has 1 atom stereocenters. The summed E-state index contributed by atoms with van der Waals surface area (Å²) in [4.78, 5) is 0. The van der Waals surface area contributed by atoms with Gasteiger partial charge in [0.05, 0.1) is 17.2 Å². The summed E-state index contributed by atoms with van der Waals surface area (Å²) in [5, 5.41) is 9.59. The van der Waals surface area contributed by atoms with Gasteiger partial charge in [-0.1, -0.05) is 6.07 Å². The molecule has 0 unspecified atom stereocenters. The number of rotatable bonds is 2. The van der Waals surface area contributed by atoms with Crippen molar-refractivity contribution in [3.63, 3.8) is 0 Å². The van der Waals surface area contributed by atoms with E-state index in [9.17, 15) is 22.7 Å². The van der Waals surface area contributed by atoms with E-state index in [0.29, 0.717) is 12.1 Å². The Morgan fingerprint density at radius 1 is 1.24 bits per heavy atom. The summed E-state index contributed by atoms with van der Waals surface area (Å²) in [5.74, 6) is -1.39. The summed E-state index contributed by atoms with van der Waals surface area (Å²) in [7, 11) is 0. The highest BCUT2D eigenvalue weighted by atomic mass is 19.4. The number of alkyl halides is 3. The van der Waals surface area contributed by atoms with Crippen LogP contribution in [-0.4, -0.2) is 10.7 Å². The second-order valence-corrected chi connectivity index (χ2v) is 4.37. The molecule has 0 saturated heterocycles. The maximum Gasteiger partial charge on any atom is 0.419 e. The largest absolute Gasteiger partial charge is 0.419 e. The summed E-state index contributed by atoms with van der Waals surface area (Å²) >= 11 is 0. The molecule has 0 aliphatic carbocycles. The van der Waals surface area contributed by atoms with Crippen LogP contribution in [0.3, 0.4) is 0 Å². The van der Waals surface area contributed by atoms with Crippen LogP contribution in [0.5, 0.6) is 0 Å². The van der Waals surface area contributed by atoms with E-state index in [1.807, 2.05) is 0 Å². The first-order valence-corrected chi connectivity index (χ1v) is 4.88. The lowest BCUT2D eigenvalue weighted by Gasteiger charge is -2.26. The van der Waals surface area contributed by atoms with Gasteiger partial charge in [0.15, 0.2) is 0 Å². The van der Waals surface area contributed by atoms with Crippen molar-refractivity contribution in [2.45, 2.75) is 31.7 Å². The van der Waals surface area contributed by atoms with E-state index in [0.717, 1.165) is 6.07 Å². The molecule has 2 nitrogen and oxygen atoms in total. The number of benzene rings is 1. The molecular weight excluding hydrogens is 238 g/mol. The molecule has 1 rings (SSSR count). The van der Waals surface area contributed by atoms with Crippen LogP contribution in [0, 0.1) is 5.82 Å². The zero-order chi connectivity index (χ0) is 13.4. The zero-order valence-corrected chi connectivity index (χ0v) is 9.35. The first-order chi connectivity index (χ1) is 7.53. The minimum atomic E-state index is -4.73. The predicted octanol–water partition coefficient (Wildman–Crippen LogP) is 2.62. The van der Waals surface area contributed by atoms with Gasteiger partial charge in [0.25, 0.3) is 0 Å². The fourth-order valence-corrected chi connectivity index (χ4v) is 1.36. The van der Waals surface area contributed by atoms with E-state index in [1.54, 1.807) is 0 Å². The Bertz CT molecular complexity index is 409. The zero-order valence-electron chi connectivity index (χ0n) is 9.35. The number of aliphatic hydroxyl groups is 1. The molecule has 0 aromatic heterocycles. The Morgan fingerprint density at radius 3 is 2.12 bits per heavy atom. The van der Waals surface area contributed by atoms with Gasteiger partial charge in [-0.2, -0.15) is 13.2 Å². The second kappa shape index (κ2) is 4.27. The van der Waals surface area contributed by atoms with Gasteiger partial charge < -0.3 is 10.8 Å². The van der Waals surface area contributed by atoms with Crippen LogP contribution in [0.4, 0.5) is 17.6 Å². The van der Waals surface area contributed by atoms with Crippen LogP contribution in [0.2, 0.25) is 0 Å². The van der Waals surface area contributed by atoms with Crippen LogP contribution in [0.15, 0.2) is 18.2 Å². The van der Waals surface area contributed by atoms with Crippen molar-refractivity contribution in [1.29, 1.82) is 0 Å². The van der Waals surface area contributed by atoms with Gasteiger partial charge >= 0.3 is 6.18 Å². The molecule has 0 spiro atoms. The van der Waals surface area contributed by atoms with E-state index in [1.165, 1.54) is 13.8 Å². The molecule has 0 heterocycles. The van der Waals surface area contributed by atoms with Crippen molar-refractivity contribution in [2.24, 2.45) is 5.73 Å². The van der Waals surface area contributed by atoms with Crippen LogP contribution < -0.4 is 5.73 Å². The Balaban J connectivity index is 3.14. The topological polar surface area (TPSA) is 46.2 Å². The monoisotopic (exact) mass is 251 g/mol. The molecule has 3 N–H and O–H groups in total. The maximum absolute atomic E-state index is 13.2. The molecule has 6 heteroatoms. The number of nitrogens with two attached hydrogens (primary N) is 1. The molecule has 1 aromatic carbocycles. The first kappa shape index (κ1) is 13.9. The van der Waals surface area contributed by atoms with Gasteiger partial charge in [-0.15, -0.1) is 0 Å². The summed E-state index contributed by atoms with van der Waals surface area (Å²) in [5.41, 5.74) is 3.03. The Morgan fingerprint density at radius 2 is 1.76 bits per heavy atom. The third-order valence-electron chi connectivity index (χ3n) is 2.42. The van der Waals surface area contributed by atoms with E-state index >= 15 is 0 Å². The Labute approximate surface area is 96.1 Å². The van der Waals surface area contributed by atoms with Crippen molar-refractivity contribution in [3.05, 3.63) is 35.1 Å². The van der Waals surface area contributed by atoms with E-state index in [4.69, 9.17) is 5.73 Å². The SMILES string of the molecule is CC(C)(O)[C@@H](N)c1ccc(C(F)(F)F)c(F)c1. The fraction of sp³-hybridized carbons (Fsp3) is 0.455. The van der Waals surface area contributed by atoms with Crippen molar-refractivity contribution in [1.82, 2.24) is 0 Å². The highest BCUT2D eigenvalue weighted by Gasteiger charge is 2.35. The maximum atomic E-state index is 13.2. The molecule has 0 saturated carbocycles. The van der Waals surface area contributed by atoms with Gasteiger partial charge in [-0.3, -0.25) is 0 Å². The minimum Gasteiger partial charge on any atom is -0.388 e. The van der Waals surface area contributed by atoms with Crippen LogP contribution >= 0.6 is 0 Å². The molecule has 0 aliphatic rings. The van der Waals surface area contributed by atoms with E-state index in [2.05, 4.69) is 0 Å². The Hall–Kier alpha value is -1.14. The third-order valence-corrected chi connectivity index (χ3v) is 2.42. The third kappa shape index (κ3) is 3.17. The summed E-state index contributed by atoms with van der Waals surface area (Å²) in [6.07, 6.45) is -4.73. The van der Waals surface area contributed by atoms with Gasteiger partial charge in [-0.25, -0.2) is 4.39 Å². The molecule has 0 radical (unpaired) electrons. The average molecular weight is 251 g/mol. The standard InChI is InChI=1S/C11H13F4NO/c1-10(2,17)9(16)6-3-4-7(8(12)5-6)11(13,14)15/h3-5,9,17H,16H2,1-2H3/t9-/m0/s1. The molecular formula is C11H13F4NO. The molecule has 0 fully saturated rings. The van der Waals surface area contributed by atoms with E-state index in [-0.39, 0.29) is 5.56 Å². The fourth-order valence-electron chi connectivity index (χ4n) is 1.36. The molecule has 0 amide bonds. The number of halogens is 4. The lowest BCUT2D eigenvalue weighted by molar-refractivity contribution is -0.140. The molecule has 1 aromatic rings. The van der Waals surface area contributed by atoms with Crippen molar-refractivity contribution in [2.75, 3.05) is 0 Å². The number of hydrogen-bond acceptors (Lipinski definition) is 2. The van der Waals surface area contributed by atoms with Gasteiger partial charge in [0.2, 0.25) is 0 Å². The molecule has 17 heavy (non-hydrogen) atoms. The first-order valence-electron chi connectivity index (χ1n) is 4.88. The lowest BCUT2D eigenvalue weighted by atomic mass is 9.92. The lowest BCUT2D eigenvalue weighted by Crippen LogP contribution is -2.35. The van der Waals surface area contributed by atoms with Crippen molar-refractivity contribution in [3.8, 4) is 0 Å². The predicted molar refractivity (Wildman–Crippen MR) is 54.6 cm³/mol. The Kier molecular flexibility index (Phi) is 3.50. The van der Waals surface area contributed by atoms with Crippen molar-refractivity contribution >= 4 is 0 Å². The average Bonchev–Trinajstić information content (AvgIpc) is 2.12. The highest BCUT2D eigenvalue weighted by molar-refractivity contribution is 5.29. The number of hydrogen-bond donors (Lipinski definition) is 2. The van der Waals surface area contributed by atoms with Gasteiger partial charge in [0.1, 0.15) is 5.82 Å². The normalized spacial score (nSPS) is 14.8. The molecule has 96 valence electrons. The minimum absolute atomic E-state index is 0.114. The molecule has 0 aliphatic heterocycles.